The molecule has 158 valence electrons. The second-order valence-electron chi connectivity index (χ2n) is 7.01. The number of anilines is 1. The molecule has 30 heavy (non-hydrogen) atoms. The number of aromatic nitrogens is 3. The first-order valence-electron chi connectivity index (χ1n) is 9.97. The van der Waals surface area contributed by atoms with Crippen LogP contribution in [0, 0.1) is 0 Å². The molecule has 1 aliphatic rings. The van der Waals surface area contributed by atoms with Crippen LogP contribution in [0.3, 0.4) is 0 Å². The number of carbonyl (C=O) groups excluding carboxylic acids is 1. The summed E-state index contributed by atoms with van der Waals surface area (Å²) in [5, 5.41) is 14.4. The molecule has 1 fully saturated rings. The summed E-state index contributed by atoms with van der Waals surface area (Å²) in [5.41, 5.74) is 1.17. The van der Waals surface area contributed by atoms with E-state index in [-0.39, 0.29) is 11.2 Å². The number of carbonyl (C=O) groups is 1. The maximum Gasteiger partial charge on any atom is 0.233 e. The molecule has 0 saturated carbocycles. The van der Waals surface area contributed by atoms with E-state index in [1.54, 1.807) is 11.3 Å². The highest BCUT2D eigenvalue weighted by Gasteiger charge is 2.24. The molecule has 3 heterocycles. The lowest BCUT2D eigenvalue weighted by atomic mass is 10.2. The van der Waals surface area contributed by atoms with Gasteiger partial charge in [0.05, 0.1) is 31.6 Å². The largest absolute Gasteiger partial charge is 0.378 e. The number of morpholine rings is 1. The summed E-state index contributed by atoms with van der Waals surface area (Å²) in [6.07, 6.45) is 0. The van der Waals surface area contributed by atoms with E-state index in [1.807, 2.05) is 42.6 Å². The molecular weight excluding hydrogens is 418 g/mol. The van der Waals surface area contributed by atoms with Crippen LogP contribution in [0.1, 0.15) is 17.4 Å². The van der Waals surface area contributed by atoms with Crippen LogP contribution in [0.4, 0.5) is 5.95 Å². The summed E-state index contributed by atoms with van der Waals surface area (Å²) in [7, 11) is 0. The van der Waals surface area contributed by atoms with Gasteiger partial charge < -0.3 is 15.0 Å². The summed E-state index contributed by atoms with van der Waals surface area (Å²) in [5.74, 6) is 0.825. The van der Waals surface area contributed by atoms with Crippen LogP contribution in [0.15, 0.2) is 53.0 Å². The molecule has 0 spiro atoms. The number of thiophene rings is 1. The molecule has 9 heteroatoms. The van der Waals surface area contributed by atoms with E-state index in [1.165, 1.54) is 17.3 Å². The fourth-order valence-electron chi connectivity index (χ4n) is 3.21. The SMILES string of the molecule is C[C@@H](Sc1nnc(N2CCOCC2)n1Cc1ccccc1)C(=O)NCc1cccs1. The molecule has 0 aliphatic carbocycles. The van der Waals surface area contributed by atoms with Gasteiger partial charge in [-0.25, -0.2) is 0 Å². The predicted molar refractivity (Wildman–Crippen MR) is 120 cm³/mol. The fraction of sp³-hybridized carbons (Fsp3) is 0.381. The highest BCUT2D eigenvalue weighted by molar-refractivity contribution is 8.00. The number of benzene rings is 1. The third-order valence-corrected chi connectivity index (χ3v) is 6.80. The zero-order chi connectivity index (χ0) is 20.8. The molecule has 3 aromatic rings. The Labute approximate surface area is 184 Å². The van der Waals surface area contributed by atoms with Crippen molar-refractivity contribution in [2.45, 2.75) is 30.4 Å². The van der Waals surface area contributed by atoms with Crippen molar-refractivity contribution in [1.29, 1.82) is 0 Å². The number of hydrogen-bond acceptors (Lipinski definition) is 7. The molecule has 4 rings (SSSR count). The lowest BCUT2D eigenvalue weighted by molar-refractivity contribution is -0.120. The zero-order valence-electron chi connectivity index (χ0n) is 16.9. The first-order chi connectivity index (χ1) is 14.7. The van der Waals surface area contributed by atoms with Crippen molar-refractivity contribution >= 4 is 35.0 Å². The average Bonchev–Trinajstić information content (AvgIpc) is 3.44. The second kappa shape index (κ2) is 10.1. The van der Waals surface area contributed by atoms with Gasteiger partial charge in [-0.2, -0.15) is 0 Å². The summed E-state index contributed by atoms with van der Waals surface area (Å²) in [6.45, 7) is 6.06. The maximum atomic E-state index is 12.6. The van der Waals surface area contributed by atoms with Crippen LogP contribution >= 0.6 is 23.1 Å². The molecule has 1 amide bonds. The van der Waals surface area contributed by atoms with Gasteiger partial charge in [-0.3, -0.25) is 9.36 Å². The van der Waals surface area contributed by atoms with E-state index in [2.05, 4.69) is 37.1 Å². The summed E-state index contributed by atoms with van der Waals surface area (Å²) >= 11 is 3.08. The minimum atomic E-state index is -0.277. The van der Waals surface area contributed by atoms with Gasteiger partial charge in [0.2, 0.25) is 11.9 Å². The Kier molecular flexibility index (Phi) is 7.03. The number of amides is 1. The smallest absolute Gasteiger partial charge is 0.233 e. The minimum absolute atomic E-state index is 0.00409. The maximum absolute atomic E-state index is 12.6. The normalized spacial score (nSPS) is 15.2. The Morgan fingerprint density at radius 3 is 2.73 bits per heavy atom. The summed E-state index contributed by atoms with van der Waals surface area (Å²) in [4.78, 5) is 15.9. The number of rotatable bonds is 8. The van der Waals surface area contributed by atoms with Crippen molar-refractivity contribution in [3.8, 4) is 0 Å². The van der Waals surface area contributed by atoms with Crippen molar-refractivity contribution in [2.24, 2.45) is 0 Å². The van der Waals surface area contributed by atoms with Gasteiger partial charge in [0.25, 0.3) is 0 Å². The molecule has 2 aromatic heterocycles. The molecule has 1 aromatic carbocycles. The molecule has 0 unspecified atom stereocenters. The minimum Gasteiger partial charge on any atom is -0.378 e. The monoisotopic (exact) mass is 443 g/mol. The summed E-state index contributed by atoms with van der Waals surface area (Å²) < 4.78 is 7.59. The fourth-order valence-corrected chi connectivity index (χ4v) is 4.73. The molecule has 0 radical (unpaired) electrons. The van der Waals surface area contributed by atoms with Crippen molar-refractivity contribution in [1.82, 2.24) is 20.1 Å². The van der Waals surface area contributed by atoms with Gasteiger partial charge in [0.1, 0.15) is 0 Å². The Balaban J connectivity index is 1.49. The summed E-state index contributed by atoms with van der Waals surface area (Å²) in [6, 6.07) is 14.3. The third-order valence-electron chi connectivity index (χ3n) is 4.84. The second-order valence-corrected chi connectivity index (χ2v) is 9.35. The molecule has 1 saturated heterocycles. The highest BCUT2D eigenvalue weighted by Crippen LogP contribution is 2.27. The van der Waals surface area contributed by atoms with E-state index in [4.69, 9.17) is 4.74 Å². The first kappa shape index (κ1) is 20.9. The number of nitrogens with one attached hydrogen (secondary N) is 1. The lowest BCUT2D eigenvalue weighted by Crippen LogP contribution is -2.38. The molecule has 1 aliphatic heterocycles. The van der Waals surface area contributed by atoms with Crippen LogP contribution in [0.2, 0.25) is 0 Å². The Morgan fingerprint density at radius 1 is 1.20 bits per heavy atom. The quantitative estimate of drug-likeness (QED) is 0.540. The number of hydrogen-bond donors (Lipinski definition) is 1. The van der Waals surface area contributed by atoms with Crippen LogP contribution < -0.4 is 10.2 Å². The van der Waals surface area contributed by atoms with E-state index in [0.717, 1.165) is 29.1 Å². The van der Waals surface area contributed by atoms with Gasteiger partial charge in [0, 0.05) is 18.0 Å². The topological polar surface area (TPSA) is 72.3 Å². The molecule has 0 bridgehead atoms. The lowest BCUT2D eigenvalue weighted by Gasteiger charge is -2.28. The Morgan fingerprint density at radius 2 is 2.00 bits per heavy atom. The van der Waals surface area contributed by atoms with Gasteiger partial charge in [-0.1, -0.05) is 48.2 Å². The Bertz CT molecular complexity index is 940. The highest BCUT2D eigenvalue weighted by atomic mass is 32.2. The van der Waals surface area contributed by atoms with E-state index in [9.17, 15) is 4.79 Å². The third kappa shape index (κ3) is 5.21. The van der Waals surface area contributed by atoms with Gasteiger partial charge in [-0.05, 0) is 23.9 Å². The van der Waals surface area contributed by atoms with Crippen molar-refractivity contribution in [3.05, 3.63) is 58.3 Å². The standard InChI is InChI=1S/C21H25N5O2S2/c1-16(19(27)22-14-18-8-5-13-29-18)30-21-24-23-20(25-9-11-28-12-10-25)26(21)15-17-6-3-2-4-7-17/h2-8,13,16H,9-12,14-15H2,1H3,(H,22,27)/t16-/m1/s1. The number of thioether (sulfide) groups is 1. The molecule has 1 N–H and O–H groups in total. The average molecular weight is 444 g/mol. The molecular formula is C21H25N5O2S2. The van der Waals surface area contributed by atoms with Crippen LogP contribution in [0.25, 0.3) is 0 Å². The van der Waals surface area contributed by atoms with Crippen molar-refractivity contribution in [2.75, 3.05) is 31.2 Å². The van der Waals surface area contributed by atoms with Crippen LogP contribution in [0.5, 0.6) is 0 Å². The first-order valence-corrected chi connectivity index (χ1v) is 11.7. The van der Waals surface area contributed by atoms with Gasteiger partial charge in [-0.15, -0.1) is 21.5 Å². The van der Waals surface area contributed by atoms with E-state index < -0.39 is 0 Å². The van der Waals surface area contributed by atoms with Gasteiger partial charge in [0.15, 0.2) is 5.16 Å². The van der Waals surface area contributed by atoms with Crippen LogP contribution in [-0.4, -0.2) is 52.2 Å². The van der Waals surface area contributed by atoms with Crippen molar-refractivity contribution in [3.63, 3.8) is 0 Å². The van der Waals surface area contributed by atoms with Gasteiger partial charge >= 0.3 is 0 Å². The van der Waals surface area contributed by atoms with E-state index in [0.29, 0.717) is 26.3 Å². The van der Waals surface area contributed by atoms with Crippen LogP contribution in [-0.2, 0) is 22.6 Å². The predicted octanol–water partition coefficient (Wildman–Crippen LogP) is 3.02. The van der Waals surface area contributed by atoms with Crippen molar-refractivity contribution < 1.29 is 9.53 Å². The number of ether oxygens (including phenoxy) is 1. The zero-order valence-corrected chi connectivity index (χ0v) is 18.5. The Hall–Kier alpha value is -2.36. The van der Waals surface area contributed by atoms with E-state index >= 15 is 0 Å². The molecule has 1 atom stereocenters. The number of nitrogens with zero attached hydrogens (tertiary/aromatic N) is 4. The molecule has 7 nitrogen and oxygen atoms in total.